The van der Waals surface area contributed by atoms with E-state index in [0.29, 0.717) is 23.8 Å². The van der Waals surface area contributed by atoms with E-state index < -0.39 is 10.0 Å². The Bertz CT molecular complexity index is 548. The van der Waals surface area contributed by atoms with E-state index in [1.54, 1.807) is 11.1 Å². The predicted molar refractivity (Wildman–Crippen MR) is 81.2 cm³/mol. The van der Waals surface area contributed by atoms with Gasteiger partial charge in [0.05, 0.1) is 0 Å². The lowest BCUT2D eigenvalue weighted by molar-refractivity contribution is 0.135. The first-order chi connectivity index (χ1) is 9.42. The highest BCUT2D eigenvalue weighted by atomic mass is 32.2. The minimum atomic E-state index is -3.45. The lowest BCUT2D eigenvalue weighted by atomic mass is 10.3. The van der Waals surface area contributed by atoms with Gasteiger partial charge in [-0.1, -0.05) is 0 Å². The number of hydrogen-bond acceptors (Lipinski definition) is 6. The first-order valence-corrected chi connectivity index (χ1v) is 8.92. The van der Waals surface area contributed by atoms with Crippen LogP contribution in [0.5, 0.6) is 0 Å². The minimum Gasteiger partial charge on any atom is -0.315 e. The van der Waals surface area contributed by atoms with Gasteiger partial charge in [-0.3, -0.25) is 0 Å². The highest BCUT2D eigenvalue weighted by Crippen LogP contribution is 2.25. The third-order valence-corrected chi connectivity index (χ3v) is 6.44. The number of piperazine rings is 1. The first-order valence-electron chi connectivity index (χ1n) is 6.62. The molecule has 1 fully saturated rings. The Morgan fingerprint density at radius 3 is 2.55 bits per heavy atom. The van der Waals surface area contributed by atoms with Gasteiger partial charge in [0.2, 0.25) is 0 Å². The maximum atomic E-state index is 12.4. The molecule has 0 amide bonds. The van der Waals surface area contributed by atoms with Crippen LogP contribution in [0.2, 0.25) is 0 Å². The summed E-state index contributed by atoms with van der Waals surface area (Å²) in [6.07, 6.45) is 0. The van der Waals surface area contributed by atoms with Crippen molar-refractivity contribution in [3.63, 3.8) is 0 Å². The highest BCUT2D eigenvalue weighted by Gasteiger charge is 2.23. The number of nitrogens with zero attached hydrogens (tertiary/aromatic N) is 2. The molecule has 0 radical (unpaired) electrons. The number of thiophene rings is 1. The Morgan fingerprint density at radius 1 is 1.30 bits per heavy atom. The number of sulfonamides is 1. The molecule has 20 heavy (non-hydrogen) atoms. The Morgan fingerprint density at radius 2 is 1.95 bits per heavy atom. The van der Waals surface area contributed by atoms with E-state index in [1.807, 2.05) is 21.0 Å². The average Bonchev–Trinajstić information content (AvgIpc) is 2.75. The van der Waals surface area contributed by atoms with Gasteiger partial charge < -0.3 is 10.2 Å². The summed E-state index contributed by atoms with van der Waals surface area (Å²) in [4.78, 5) is 5.93. The molecule has 2 N–H and O–H groups in total. The SMILES string of the molecule is CNCc1sc(S(=O)(=O)NN2CCN(C)CC2)cc1C. The van der Waals surface area contributed by atoms with Gasteiger partial charge in [-0.05, 0) is 32.6 Å². The van der Waals surface area contributed by atoms with Crippen molar-refractivity contribution in [2.24, 2.45) is 0 Å². The molecule has 1 aliphatic heterocycles. The molecule has 1 aromatic rings. The third-order valence-electron chi connectivity index (χ3n) is 3.35. The molecule has 6 nitrogen and oxygen atoms in total. The van der Waals surface area contributed by atoms with E-state index in [1.165, 1.54) is 11.3 Å². The Labute approximate surface area is 124 Å². The molecule has 0 bridgehead atoms. The van der Waals surface area contributed by atoms with Crippen LogP contribution in [0.4, 0.5) is 0 Å². The van der Waals surface area contributed by atoms with Crippen molar-refractivity contribution in [1.29, 1.82) is 0 Å². The van der Waals surface area contributed by atoms with Crippen LogP contribution in [-0.2, 0) is 16.6 Å². The summed E-state index contributed by atoms with van der Waals surface area (Å²) in [5, 5.41) is 4.83. The first kappa shape index (κ1) is 15.9. The molecule has 8 heteroatoms. The molecule has 0 aliphatic carbocycles. The van der Waals surface area contributed by atoms with Crippen molar-refractivity contribution in [3.05, 3.63) is 16.5 Å². The largest absolute Gasteiger partial charge is 0.315 e. The Hall–Kier alpha value is -0.510. The average molecular weight is 318 g/mol. The minimum absolute atomic E-state index is 0.388. The van der Waals surface area contributed by atoms with Crippen LogP contribution < -0.4 is 10.1 Å². The number of aryl methyl sites for hydroxylation is 1. The van der Waals surface area contributed by atoms with Gasteiger partial charge in [0, 0.05) is 37.6 Å². The summed E-state index contributed by atoms with van der Waals surface area (Å²) in [5.41, 5.74) is 1.02. The Kier molecular flexibility index (Phi) is 5.16. The molecule has 0 unspecified atom stereocenters. The second-order valence-corrected chi connectivity index (χ2v) is 8.11. The monoisotopic (exact) mass is 318 g/mol. The summed E-state index contributed by atoms with van der Waals surface area (Å²) in [6.45, 7) is 5.81. The predicted octanol–water partition coefficient (Wildman–Crippen LogP) is 0.217. The number of rotatable bonds is 5. The van der Waals surface area contributed by atoms with E-state index >= 15 is 0 Å². The molecule has 1 saturated heterocycles. The summed E-state index contributed by atoms with van der Waals surface area (Å²) in [5.74, 6) is 0. The van der Waals surface area contributed by atoms with Crippen LogP contribution in [0.15, 0.2) is 10.3 Å². The summed E-state index contributed by atoms with van der Waals surface area (Å²) >= 11 is 1.33. The normalized spacial score (nSPS) is 18.6. The molecule has 2 rings (SSSR count). The quantitative estimate of drug-likeness (QED) is 0.813. The van der Waals surface area contributed by atoms with Crippen molar-refractivity contribution in [3.8, 4) is 0 Å². The second kappa shape index (κ2) is 6.50. The molecule has 0 saturated carbocycles. The highest BCUT2D eigenvalue weighted by molar-refractivity contribution is 7.91. The van der Waals surface area contributed by atoms with Gasteiger partial charge in [0.25, 0.3) is 10.0 Å². The van der Waals surface area contributed by atoms with E-state index in [9.17, 15) is 8.42 Å². The molecule has 1 aliphatic rings. The van der Waals surface area contributed by atoms with Crippen molar-refractivity contribution < 1.29 is 8.42 Å². The maximum Gasteiger partial charge on any atom is 0.262 e. The van der Waals surface area contributed by atoms with Crippen molar-refractivity contribution in [2.45, 2.75) is 17.7 Å². The van der Waals surface area contributed by atoms with E-state index in [4.69, 9.17) is 0 Å². The zero-order valence-electron chi connectivity index (χ0n) is 12.1. The van der Waals surface area contributed by atoms with Crippen LogP contribution in [-0.4, -0.2) is 58.6 Å². The van der Waals surface area contributed by atoms with Crippen LogP contribution in [0.25, 0.3) is 0 Å². The molecule has 1 aromatic heterocycles. The zero-order chi connectivity index (χ0) is 14.8. The topological polar surface area (TPSA) is 64.7 Å². The standard InChI is InChI=1S/C12H22N4O2S2/c1-10-8-12(19-11(10)9-13-2)20(17,18)14-16-6-4-15(3)5-7-16/h8,13-14H,4-7,9H2,1-3H3. The number of hydrogen-bond donors (Lipinski definition) is 2. The van der Waals surface area contributed by atoms with Crippen LogP contribution in [0.1, 0.15) is 10.4 Å². The zero-order valence-corrected chi connectivity index (χ0v) is 13.8. The van der Waals surface area contributed by atoms with Gasteiger partial charge in [-0.2, -0.15) is 0 Å². The lowest BCUT2D eigenvalue weighted by Gasteiger charge is -2.31. The van der Waals surface area contributed by atoms with Gasteiger partial charge in [-0.15, -0.1) is 16.2 Å². The summed E-state index contributed by atoms with van der Waals surface area (Å²) < 4.78 is 25.1. The molecular weight excluding hydrogens is 296 g/mol. The summed E-state index contributed by atoms with van der Waals surface area (Å²) in [7, 11) is 0.448. The van der Waals surface area contributed by atoms with Crippen LogP contribution in [0, 0.1) is 6.92 Å². The van der Waals surface area contributed by atoms with Gasteiger partial charge >= 0.3 is 0 Å². The van der Waals surface area contributed by atoms with E-state index in [0.717, 1.165) is 23.5 Å². The number of nitrogens with one attached hydrogen (secondary N) is 2. The van der Waals surface area contributed by atoms with Gasteiger partial charge in [0.1, 0.15) is 4.21 Å². The van der Waals surface area contributed by atoms with Crippen molar-refractivity contribution in [2.75, 3.05) is 40.3 Å². The molecule has 114 valence electrons. The fourth-order valence-electron chi connectivity index (χ4n) is 2.07. The molecule has 2 heterocycles. The number of hydrazine groups is 1. The number of likely N-dealkylation sites (N-methyl/N-ethyl adjacent to an activating group) is 1. The van der Waals surface area contributed by atoms with Gasteiger partial charge in [-0.25, -0.2) is 13.4 Å². The van der Waals surface area contributed by atoms with Crippen LogP contribution >= 0.6 is 11.3 Å². The van der Waals surface area contributed by atoms with Gasteiger partial charge in [0.15, 0.2) is 0 Å². The maximum absolute atomic E-state index is 12.4. The lowest BCUT2D eigenvalue weighted by Crippen LogP contribution is -2.52. The van der Waals surface area contributed by atoms with Crippen molar-refractivity contribution >= 4 is 21.4 Å². The molecule has 0 spiro atoms. The molecule has 0 aromatic carbocycles. The second-order valence-electron chi connectivity index (χ2n) is 5.09. The fourth-order valence-corrected chi connectivity index (χ4v) is 4.78. The smallest absolute Gasteiger partial charge is 0.262 e. The van der Waals surface area contributed by atoms with E-state index in [-0.39, 0.29) is 0 Å². The molecular formula is C12H22N4O2S2. The Balaban J connectivity index is 2.08. The molecule has 0 atom stereocenters. The van der Waals surface area contributed by atoms with Crippen molar-refractivity contribution in [1.82, 2.24) is 20.1 Å². The third kappa shape index (κ3) is 3.78. The fraction of sp³-hybridized carbons (Fsp3) is 0.667. The van der Waals surface area contributed by atoms with Crippen LogP contribution in [0.3, 0.4) is 0 Å². The van der Waals surface area contributed by atoms with E-state index in [2.05, 4.69) is 15.0 Å². The summed E-state index contributed by atoms with van der Waals surface area (Å²) in [6, 6.07) is 1.75.